The number of nitrogens with zero attached hydrogens (tertiary/aromatic N) is 1. The molecule has 2 aromatic rings. The van der Waals surface area contributed by atoms with Gasteiger partial charge in [-0.05, 0) is 48.2 Å². The number of nitrogens with one attached hydrogen (secondary N) is 1. The molecule has 1 heterocycles. The molecule has 0 saturated carbocycles. The Morgan fingerprint density at radius 2 is 1.67 bits per heavy atom. The molecule has 1 amide bonds. The van der Waals surface area contributed by atoms with Gasteiger partial charge in [0.15, 0.2) is 0 Å². The van der Waals surface area contributed by atoms with Gasteiger partial charge in [0.2, 0.25) is 10.0 Å². The molecular formula is C21H24Cl2N2O3S2. The zero-order chi connectivity index (χ0) is 21.6. The molecule has 0 unspecified atom stereocenters. The fourth-order valence-electron chi connectivity index (χ4n) is 3.18. The number of benzene rings is 2. The number of halogens is 2. The monoisotopic (exact) mass is 486 g/mol. The van der Waals surface area contributed by atoms with Crippen molar-refractivity contribution in [2.75, 3.05) is 25.4 Å². The Kier molecular flexibility index (Phi) is 8.48. The Morgan fingerprint density at radius 3 is 2.33 bits per heavy atom. The van der Waals surface area contributed by atoms with Gasteiger partial charge in [-0.2, -0.15) is 11.8 Å². The highest BCUT2D eigenvalue weighted by molar-refractivity contribution is 7.98. The summed E-state index contributed by atoms with van der Waals surface area (Å²) in [6, 6.07) is 12.3. The molecule has 0 aliphatic carbocycles. The first-order chi connectivity index (χ1) is 14.3. The molecular weight excluding hydrogens is 463 g/mol. The molecule has 30 heavy (non-hydrogen) atoms. The van der Waals surface area contributed by atoms with Gasteiger partial charge in [0.25, 0.3) is 5.91 Å². The van der Waals surface area contributed by atoms with E-state index in [2.05, 4.69) is 5.32 Å². The van der Waals surface area contributed by atoms with Crippen LogP contribution < -0.4 is 5.32 Å². The van der Waals surface area contributed by atoms with Crippen LogP contribution in [-0.2, 0) is 21.5 Å². The molecule has 0 spiro atoms. The summed E-state index contributed by atoms with van der Waals surface area (Å²) >= 11 is 13.6. The minimum Gasteiger partial charge on any atom is -0.351 e. The summed E-state index contributed by atoms with van der Waals surface area (Å²) in [5, 5.41) is 3.97. The molecule has 0 bridgehead atoms. The van der Waals surface area contributed by atoms with Gasteiger partial charge in [0.1, 0.15) is 0 Å². The molecule has 1 fully saturated rings. The Hall–Kier alpha value is -1.25. The third kappa shape index (κ3) is 6.62. The maximum Gasteiger partial charge on any atom is 0.251 e. The van der Waals surface area contributed by atoms with Crippen molar-refractivity contribution < 1.29 is 13.2 Å². The Labute approximate surface area is 192 Å². The van der Waals surface area contributed by atoms with Crippen LogP contribution in [0.4, 0.5) is 0 Å². The molecule has 1 N–H and O–H groups in total. The summed E-state index contributed by atoms with van der Waals surface area (Å²) in [4.78, 5) is 12.3. The first kappa shape index (κ1) is 23.4. The standard InChI is InChI=1S/C21H24Cl2N2O3S2/c22-19-8-5-17(13-20(19)23)14-29-12-9-24-21(26)18-6-3-16(4-7-18)15-30(27,28)25-10-1-2-11-25/h3-8,13H,1-2,9-12,14-15H2,(H,24,26). The van der Waals surface area contributed by atoms with Gasteiger partial charge in [-0.3, -0.25) is 4.79 Å². The predicted molar refractivity (Wildman–Crippen MR) is 125 cm³/mol. The summed E-state index contributed by atoms with van der Waals surface area (Å²) in [6.07, 6.45) is 1.84. The highest BCUT2D eigenvalue weighted by atomic mass is 35.5. The van der Waals surface area contributed by atoms with E-state index in [-0.39, 0.29) is 11.7 Å². The average molecular weight is 487 g/mol. The van der Waals surface area contributed by atoms with Crippen LogP contribution in [0.25, 0.3) is 0 Å². The summed E-state index contributed by atoms with van der Waals surface area (Å²) < 4.78 is 26.3. The van der Waals surface area contributed by atoms with Gasteiger partial charge in [0, 0.05) is 36.7 Å². The van der Waals surface area contributed by atoms with Gasteiger partial charge in [-0.15, -0.1) is 0 Å². The van der Waals surface area contributed by atoms with Gasteiger partial charge >= 0.3 is 0 Å². The normalized spacial score (nSPS) is 14.7. The van der Waals surface area contributed by atoms with E-state index < -0.39 is 10.0 Å². The molecule has 1 aliphatic heterocycles. The van der Waals surface area contributed by atoms with Crippen LogP contribution in [0.3, 0.4) is 0 Å². The molecule has 2 aromatic carbocycles. The lowest BCUT2D eigenvalue weighted by Crippen LogP contribution is -2.29. The largest absolute Gasteiger partial charge is 0.351 e. The third-order valence-corrected chi connectivity index (χ3v) is 8.43. The number of thioether (sulfide) groups is 1. The highest BCUT2D eigenvalue weighted by Gasteiger charge is 2.25. The minimum absolute atomic E-state index is 0.0275. The number of sulfonamides is 1. The van der Waals surface area contributed by atoms with Crippen molar-refractivity contribution in [2.45, 2.75) is 24.3 Å². The lowest BCUT2D eigenvalue weighted by Gasteiger charge is -2.15. The molecule has 162 valence electrons. The molecule has 0 atom stereocenters. The number of hydrogen-bond acceptors (Lipinski definition) is 4. The number of rotatable bonds is 9. The zero-order valence-corrected chi connectivity index (χ0v) is 19.6. The van der Waals surface area contributed by atoms with E-state index in [9.17, 15) is 13.2 Å². The summed E-state index contributed by atoms with van der Waals surface area (Å²) in [5.41, 5.74) is 2.29. The summed E-state index contributed by atoms with van der Waals surface area (Å²) in [6.45, 7) is 1.74. The molecule has 0 radical (unpaired) electrons. The van der Waals surface area contributed by atoms with Crippen molar-refractivity contribution in [1.29, 1.82) is 0 Å². The summed E-state index contributed by atoms with van der Waals surface area (Å²) in [7, 11) is -3.28. The second-order valence-corrected chi connectivity index (χ2v) is 11.0. The lowest BCUT2D eigenvalue weighted by molar-refractivity contribution is 0.0956. The van der Waals surface area contributed by atoms with E-state index in [1.165, 1.54) is 0 Å². The SMILES string of the molecule is O=C(NCCSCc1ccc(Cl)c(Cl)c1)c1ccc(CS(=O)(=O)N2CCCC2)cc1. The van der Waals surface area contributed by atoms with Crippen LogP contribution in [0.15, 0.2) is 42.5 Å². The quantitative estimate of drug-likeness (QED) is 0.526. The molecule has 0 aromatic heterocycles. The van der Waals surface area contributed by atoms with E-state index in [0.29, 0.717) is 40.8 Å². The smallest absolute Gasteiger partial charge is 0.251 e. The van der Waals surface area contributed by atoms with Crippen LogP contribution in [0, 0.1) is 0 Å². The van der Waals surface area contributed by atoms with Crippen LogP contribution >= 0.6 is 35.0 Å². The van der Waals surface area contributed by atoms with E-state index in [4.69, 9.17) is 23.2 Å². The second kappa shape index (κ2) is 10.9. The molecule has 9 heteroatoms. The van der Waals surface area contributed by atoms with Crippen molar-refractivity contribution in [2.24, 2.45) is 0 Å². The molecule has 3 rings (SSSR count). The van der Waals surface area contributed by atoms with Gasteiger partial charge < -0.3 is 5.32 Å². The summed E-state index contributed by atoms with van der Waals surface area (Å²) in [5.74, 6) is 1.35. The van der Waals surface area contributed by atoms with Crippen molar-refractivity contribution in [1.82, 2.24) is 9.62 Å². The zero-order valence-electron chi connectivity index (χ0n) is 16.4. The fraction of sp³-hybridized carbons (Fsp3) is 0.381. The van der Waals surface area contributed by atoms with Crippen molar-refractivity contribution in [3.63, 3.8) is 0 Å². The number of amides is 1. The van der Waals surface area contributed by atoms with E-state index in [1.807, 2.05) is 12.1 Å². The number of carbonyl (C=O) groups excluding carboxylic acids is 1. The maximum atomic E-state index is 12.4. The lowest BCUT2D eigenvalue weighted by atomic mass is 10.1. The Bertz CT molecular complexity index is 976. The van der Waals surface area contributed by atoms with Crippen molar-refractivity contribution in [3.05, 3.63) is 69.2 Å². The topological polar surface area (TPSA) is 66.5 Å². The Morgan fingerprint density at radius 1 is 1.00 bits per heavy atom. The fourth-order valence-corrected chi connectivity index (χ4v) is 5.92. The third-order valence-electron chi connectivity index (χ3n) is 4.81. The average Bonchev–Trinajstić information content (AvgIpc) is 3.26. The maximum absolute atomic E-state index is 12.4. The number of hydrogen-bond donors (Lipinski definition) is 1. The van der Waals surface area contributed by atoms with Crippen molar-refractivity contribution in [3.8, 4) is 0 Å². The van der Waals surface area contributed by atoms with Crippen LogP contribution in [0.1, 0.15) is 34.3 Å². The minimum atomic E-state index is -3.28. The number of carbonyl (C=O) groups is 1. The van der Waals surface area contributed by atoms with E-state index in [1.54, 1.807) is 46.4 Å². The molecule has 5 nitrogen and oxygen atoms in total. The van der Waals surface area contributed by atoms with E-state index in [0.717, 1.165) is 29.9 Å². The van der Waals surface area contributed by atoms with Gasteiger partial charge in [-0.1, -0.05) is 41.4 Å². The van der Waals surface area contributed by atoms with Crippen LogP contribution in [0.5, 0.6) is 0 Å². The highest BCUT2D eigenvalue weighted by Crippen LogP contribution is 2.24. The first-order valence-electron chi connectivity index (χ1n) is 9.72. The predicted octanol–water partition coefficient (Wildman–Crippen LogP) is 4.58. The van der Waals surface area contributed by atoms with E-state index >= 15 is 0 Å². The second-order valence-electron chi connectivity index (χ2n) is 7.12. The van der Waals surface area contributed by atoms with Crippen LogP contribution in [0.2, 0.25) is 10.0 Å². The molecule has 1 saturated heterocycles. The van der Waals surface area contributed by atoms with Gasteiger partial charge in [-0.25, -0.2) is 12.7 Å². The molecule has 1 aliphatic rings. The first-order valence-corrected chi connectivity index (χ1v) is 13.2. The Balaban J connectivity index is 1.41. The van der Waals surface area contributed by atoms with Gasteiger partial charge in [0.05, 0.1) is 15.8 Å². The van der Waals surface area contributed by atoms with Crippen LogP contribution in [-0.4, -0.2) is 44.0 Å². The van der Waals surface area contributed by atoms with Crippen molar-refractivity contribution >= 4 is 50.9 Å².